The number of benzene rings is 1. The zero-order valence-electron chi connectivity index (χ0n) is 12.2. The van der Waals surface area contributed by atoms with Crippen LogP contribution >= 0.6 is 0 Å². The van der Waals surface area contributed by atoms with Gasteiger partial charge in [0.05, 0.1) is 11.0 Å². The van der Waals surface area contributed by atoms with Gasteiger partial charge in [0.2, 0.25) is 0 Å². The standard InChI is InChI=1S/C14H19N3O4/c1-15-12-7-3-6-11(13(12)17(19)20)14(18)16-8-4-5-10(9-16)21-2/h3,6-7,10,15H,4-5,8-9H2,1-2H3. The number of nitrogens with one attached hydrogen (secondary N) is 1. The number of amides is 1. The highest BCUT2D eigenvalue weighted by Gasteiger charge is 2.30. The number of hydrogen-bond donors (Lipinski definition) is 1. The maximum Gasteiger partial charge on any atom is 0.305 e. The van der Waals surface area contributed by atoms with Gasteiger partial charge in [-0.15, -0.1) is 0 Å². The molecular formula is C14H19N3O4. The number of nitrogens with zero attached hydrogens (tertiary/aromatic N) is 2. The van der Waals surface area contributed by atoms with Crippen molar-refractivity contribution < 1.29 is 14.5 Å². The highest BCUT2D eigenvalue weighted by molar-refractivity contribution is 6.00. The molecule has 1 saturated heterocycles. The second-order valence-corrected chi connectivity index (χ2v) is 4.96. The first kappa shape index (κ1) is 15.2. The van der Waals surface area contributed by atoms with Gasteiger partial charge in [-0.1, -0.05) is 6.07 Å². The van der Waals surface area contributed by atoms with E-state index in [0.717, 1.165) is 12.8 Å². The molecular weight excluding hydrogens is 274 g/mol. The van der Waals surface area contributed by atoms with E-state index in [0.29, 0.717) is 18.8 Å². The van der Waals surface area contributed by atoms with E-state index in [9.17, 15) is 14.9 Å². The van der Waals surface area contributed by atoms with Crippen molar-refractivity contribution in [2.75, 3.05) is 32.6 Å². The van der Waals surface area contributed by atoms with Gasteiger partial charge in [-0.25, -0.2) is 0 Å². The second-order valence-electron chi connectivity index (χ2n) is 4.96. The number of carbonyl (C=O) groups excluding carboxylic acids is 1. The second kappa shape index (κ2) is 6.53. The first-order valence-corrected chi connectivity index (χ1v) is 6.85. The van der Waals surface area contributed by atoms with Crippen molar-refractivity contribution in [3.8, 4) is 0 Å². The third-order valence-electron chi connectivity index (χ3n) is 3.72. The number of likely N-dealkylation sites (tertiary alicyclic amines) is 1. The first-order chi connectivity index (χ1) is 10.1. The van der Waals surface area contributed by atoms with Gasteiger partial charge in [0.15, 0.2) is 0 Å². The van der Waals surface area contributed by atoms with E-state index in [1.807, 2.05) is 0 Å². The third kappa shape index (κ3) is 3.13. The molecule has 21 heavy (non-hydrogen) atoms. The Morgan fingerprint density at radius 2 is 2.29 bits per heavy atom. The number of hydrogen-bond acceptors (Lipinski definition) is 5. The Labute approximate surface area is 123 Å². The zero-order valence-corrected chi connectivity index (χ0v) is 12.2. The number of piperidine rings is 1. The summed E-state index contributed by atoms with van der Waals surface area (Å²) >= 11 is 0. The fourth-order valence-electron chi connectivity index (χ4n) is 2.60. The average Bonchev–Trinajstić information content (AvgIpc) is 2.53. The highest BCUT2D eigenvalue weighted by Crippen LogP contribution is 2.30. The van der Waals surface area contributed by atoms with E-state index >= 15 is 0 Å². The molecule has 1 unspecified atom stereocenters. The van der Waals surface area contributed by atoms with Gasteiger partial charge >= 0.3 is 5.69 Å². The number of methoxy groups -OCH3 is 1. The Kier molecular flexibility index (Phi) is 4.74. The summed E-state index contributed by atoms with van der Waals surface area (Å²) < 4.78 is 5.29. The normalized spacial score (nSPS) is 18.4. The maximum atomic E-state index is 12.6. The summed E-state index contributed by atoms with van der Waals surface area (Å²) in [7, 11) is 3.21. The van der Waals surface area contributed by atoms with Crippen molar-refractivity contribution >= 4 is 17.3 Å². The lowest BCUT2D eigenvalue weighted by atomic mass is 10.0. The van der Waals surface area contributed by atoms with Crippen molar-refractivity contribution in [1.82, 2.24) is 4.90 Å². The quantitative estimate of drug-likeness (QED) is 0.677. The zero-order chi connectivity index (χ0) is 15.4. The van der Waals surface area contributed by atoms with Gasteiger partial charge in [-0.2, -0.15) is 0 Å². The summed E-state index contributed by atoms with van der Waals surface area (Å²) in [6, 6.07) is 4.73. The molecule has 0 bridgehead atoms. The first-order valence-electron chi connectivity index (χ1n) is 6.85. The minimum atomic E-state index is -0.517. The fraction of sp³-hybridized carbons (Fsp3) is 0.500. The van der Waals surface area contributed by atoms with Crippen LogP contribution in [0.4, 0.5) is 11.4 Å². The summed E-state index contributed by atoms with van der Waals surface area (Å²) in [4.78, 5) is 25.0. The molecule has 0 saturated carbocycles. The van der Waals surface area contributed by atoms with E-state index in [-0.39, 0.29) is 23.3 Å². The summed E-state index contributed by atoms with van der Waals surface area (Å²) in [5.74, 6) is -0.319. The van der Waals surface area contributed by atoms with Crippen LogP contribution in [0.3, 0.4) is 0 Å². The Balaban J connectivity index is 2.32. The van der Waals surface area contributed by atoms with Gasteiger partial charge in [-0.05, 0) is 25.0 Å². The number of nitro groups is 1. The van der Waals surface area contributed by atoms with Gasteiger partial charge in [-0.3, -0.25) is 14.9 Å². The lowest BCUT2D eigenvalue weighted by Gasteiger charge is -2.31. The van der Waals surface area contributed by atoms with Crippen LogP contribution in [0.15, 0.2) is 18.2 Å². The van der Waals surface area contributed by atoms with Crippen molar-refractivity contribution in [2.24, 2.45) is 0 Å². The van der Waals surface area contributed by atoms with Crippen molar-refractivity contribution in [2.45, 2.75) is 18.9 Å². The lowest BCUT2D eigenvalue weighted by molar-refractivity contribution is -0.384. The van der Waals surface area contributed by atoms with E-state index in [4.69, 9.17) is 4.74 Å². The highest BCUT2D eigenvalue weighted by atomic mass is 16.6. The largest absolute Gasteiger partial charge is 0.383 e. The molecule has 0 spiro atoms. The van der Waals surface area contributed by atoms with Crippen LogP contribution in [0.25, 0.3) is 0 Å². The molecule has 1 aliphatic rings. The van der Waals surface area contributed by atoms with Crippen LogP contribution < -0.4 is 5.32 Å². The molecule has 1 fully saturated rings. The Morgan fingerprint density at radius 1 is 1.52 bits per heavy atom. The van der Waals surface area contributed by atoms with Gasteiger partial charge in [0.25, 0.3) is 5.91 Å². The number of carbonyl (C=O) groups is 1. The number of para-hydroxylation sites is 1. The van der Waals surface area contributed by atoms with Crippen molar-refractivity contribution in [1.29, 1.82) is 0 Å². The van der Waals surface area contributed by atoms with Gasteiger partial charge in [0.1, 0.15) is 11.3 Å². The number of rotatable bonds is 4. The number of nitro benzene ring substituents is 1. The van der Waals surface area contributed by atoms with E-state index in [2.05, 4.69) is 5.32 Å². The van der Waals surface area contributed by atoms with Crippen LogP contribution in [0.5, 0.6) is 0 Å². The molecule has 1 aliphatic heterocycles. The Morgan fingerprint density at radius 3 is 2.90 bits per heavy atom. The maximum absolute atomic E-state index is 12.6. The molecule has 0 aliphatic carbocycles. The molecule has 2 rings (SSSR count). The Hall–Kier alpha value is -2.15. The minimum Gasteiger partial charge on any atom is -0.383 e. The molecule has 114 valence electrons. The Bertz CT molecular complexity index is 547. The monoisotopic (exact) mass is 293 g/mol. The van der Waals surface area contributed by atoms with Gasteiger partial charge < -0.3 is 15.0 Å². The van der Waals surface area contributed by atoms with E-state index in [1.165, 1.54) is 6.07 Å². The molecule has 1 amide bonds. The average molecular weight is 293 g/mol. The number of anilines is 1. The van der Waals surface area contributed by atoms with Crippen LogP contribution in [0.2, 0.25) is 0 Å². The minimum absolute atomic E-state index is 0.00533. The SMILES string of the molecule is CNc1cccc(C(=O)N2CCCC(OC)C2)c1[N+](=O)[O-]. The molecule has 7 heteroatoms. The summed E-state index contributed by atoms with van der Waals surface area (Å²) in [6.07, 6.45) is 1.73. The van der Waals surface area contributed by atoms with Crippen molar-refractivity contribution in [3.05, 3.63) is 33.9 Å². The number of ether oxygens (including phenoxy) is 1. The molecule has 1 aromatic carbocycles. The van der Waals surface area contributed by atoms with Crippen molar-refractivity contribution in [3.63, 3.8) is 0 Å². The van der Waals surface area contributed by atoms with E-state index in [1.54, 1.807) is 31.2 Å². The molecule has 1 N–H and O–H groups in total. The summed E-state index contributed by atoms with van der Waals surface area (Å²) in [6.45, 7) is 1.07. The summed E-state index contributed by atoms with van der Waals surface area (Å²) in [5.41, 5.74) is 0.277. The molecule has 0 aromatic heterocycles. The van der Waals surface area contributed by atoms with Gasteiger partial charge in [0, 0.05) is 27.2 Å². The topological polar surface area (TPSA) is 84.7 Å². The predicted octanol–water partition coefficient (Wildman–Crippen LogP) is 1.89. The smallest absolute Gasteiger partial charge is 0.305 e. The lowest BCUT2D eigenvalue weighted by Crippen LogP contribution is -2.43. The van der Waals surface area contributed by atoms with Crippen LogP contribution in [0.1, 0.15) is 23.2 Å². The fourth-order valence-corrected chi connectivity index (χ4v) is 2.60. The molecule has 0 radical (unpaired) electrons. The van der Waals surface area contributed by atoms with Crippen LogP contribution in [-0.2, 0) is 4.74 Å². The van der Waals surface area contributed by atoms with Crippen LogP contribution in [-0.4, -0.2) is 49.1 Å². The van der Waals surface area contributed by atoms with Crippen LogP contribution in [0, 0.1) is 10.1 Å². The molecule has 1 aromatic rings. The predicted molar refractivity (Wildman–Crippen MR) is 78.6 cm³/mol. The van der Waals surface area contributed by atoms with E-state index < -0.39 is 4.92 Å². The molecule has 1 heterocycles. The third-order valence-corrected chi connectivity index (χ3v) is 3.72. The summed E-state index contributed by atoms with van der Waals surface area (Å²) in [5, 5.41) is 14.0. The molecule has 7 nitrogen and oxygen atoms in total. The molecule has 1 atom stereocenters.